The molecular weight excluding hydrogens is 198 g/mol. The molecule has 0 aliphatic carbocycles. The first-order valence-corrected chi connectivity index (χ1v) is 4.23. The minimum atomic E-state index is -0.571. The van der Waals surface area contributed by atoms with E-state index in [0.717, 1.165) is 0 Å². The van der Waals surface area contributed by atoms with Crippen LogP contribution in [0.3, 0.4) is 0 Å². The van der Waals surface area contributed by atoms with Crippen LogP contribution in [0.5, 0.6) is 5.75 Å². The number of benzene rings is 1. The summed E-state index contributed by atoms with van der Waals surface area (Å²) in [6.07, 6.45) is 0. The molecule has 0 bridgehead atoms. The molecule has 15 heavy (non-hydrogen) atoms. The molecule has 1 amide bonds. The Morgan fingerprint density at radius 2 is 2.13 bits per heavy atom. The Kier molecular flexibility index (Phi) is 3.68. The predicted molar refractivity (Wildman–Crippen MR) is 52.5 cm³/mol. The van der Waals surface area contributed by atoms with Crippen molar-refractivity contribution in [3.63, 3.8) is 0 Å². The Morgan fingerprint density at radius 3 is 2.73 bits per heavy atom. The van der Waals surface area contributed by atoms with E-state index in [1.165, 1.54) is 13.2 Å². The number of esters is 1. The van der Waals surface area contributed by atoms with Crippen LogP contribution in [-0.2, 0) is 9.53 Å². The summed E-state index contributed by atoms with van der Waals surface area (Å²) in [5, 5.41) is 0. The van der Waals surface area contributed by atoms with Gasteiger partial charge in [-0.1, -0.05) is 6.07 Å². The molecule has 5 heteroatoms. The Bertz CT molecular complexity index is 375. The third kappa shape index (κ3) is 3.30. The first kappa shape index (κ1) is 11.0. The van der Waals surface area contributed by atoms with Gasteiger partial charge in [-0.05, 0) is 18.2 Å². The molecule has 5 nitrogen and oxygen atoms in total. The van der Waals surface area contributed by atoms with E-state index in [1.54, 1.807) is 18.2 Å². The second-order valence-corrected chi connectivity index (χ2v) is 2.77. The van der Waals surface area contributed by atoms with Crippen LogP contribution in [0.4, 0.5) is 0 Å². The number of nitrogens with two attached hydrogens (primary N) is 1. The quantitative estimate of drug-likeness (QED) is 0.725. The molecular formula is C10H11NO4. The number of carbonyl (C=O) groups excluding carboxylic acids is 2. The molecule has 80 valence electrons. The monoisotopic (exact) mass is 209 g/mol. The van der Waals surface area contributed by atoms with Crippen molar-refractivity contribution in [3.05, 3.63) is 29.8 Å². The lowest BCUT2D eigenvalue weighted by molar-refractivity contribution is -0.119. The molecule has 0 fully saturated rings. The predicted octanol–water partition coefficient (Wildman–Crippen LogP) is 0.337. The van der Waals surface area contributed by atoms with Gasteiger partial charge in [0.15, 0.2) is 6.61 Å². The zero-order chi connectivity index (χ0) is 11.3. The number of hydrogen-bond acceptors (Lipinski definition) is 4. The molecule has 0 atom stereocenters. The lowest BCUT2D eigenvalue weighted by Crippen LogP contribution is -2.20. The van der Waals surface area contributed by atoms with Crippen molar-refractivity contribution in [1.82, 2.24) is 0 Å². The number of ether oxygens (including phenoxy) is 2. The van der Waals surface area contributed by atoms with E-state index in [1.807, 2.05) is 0 Å². The van der Waals surface area contributed by atoms with Gasteiger partial charge in [0.1, 0.15) is 5.75 Å². The molecule has 0 saturated heterocycles. The number of carbonyl (C=O) groups is 2. The molecule has 0 aromatic heterocycles. The third-order valence-electron chi connectivity index (χ3n) is 1.64. The van der Waals surface area contributed by atoms with Crippen LogP contribution in [0.25, 0.3) is 0 Å². The second kappa shape index (κ2) is 4.99. The van der Waals surface area contributed by atoms with Crippen LogP contribution in [0, 0.1) is 0 Å². The second-order valence-electron chi connectivity index (χ2n) is 2.77. The van der Waals surface area contributed by atoms with Gasteiger partial charge in [0.05, 0.1) is 12.7 Å². The van der Waals surface area contributed by atoms with Crippen molar-refractivity contribution < 1.29 is 19.1 Å². The number of primary amides is 1. The van der Waals surface area contributed by atoms with Gasteiger partial charge in [-0.15, -0.1) is 0 Å². The summed E-state index contributed by atoms with van der Waals surface area (Å²) >= 11 is 0. The molecule has 0 unspecified atom stereocenters. The Morgan fingerprint density at radius 1 is 1.40 bits per heavy atom. The Labute approximate surface area is 86.8 Å². The average molecular weight is 209 g/mol. The molecule has 1 aromatic rings. The van der Waals surface area contributed by atoms with Crippen molar-refractivity contribution in [2.24, 2.45) is 5.73 Å². The molecule has 1 aromatic carbocycles. The summed E-state index contributed by atoms with van der Waals surface area (Å²) in [6.45, 7) is -0.218. The van der Waals surface area contributed by atoms with Crippen molar-refractivity contribution in [1.29, 1.82) is 0 Å². The van der Waals surface area contributed by atoms with Gasteiger partial charge >= 0.3 is 5.97 Å². The maximum Gasteiger partial charge on any atom is 0.337 e. The Hall–Kier alpha value is -2.04. The molecule has 0 saturated carbocycles. The summed E-state index contributed by atoms with van der Waals surface area (Å²) in [5.74, 6) is -0.630. The van der Waals surface area contributed by atoms with Crippen LogP contribution in [0.1, 0.15) is 10.4 Å². The van der Waals surface area contributed by atoms with Crippen molar-refractivity contribution >= 4 is 11.9 Å². The van der Waals surface area contributed by atoms with E-state index in [9.17, 15) is 9.59 Å². The molecule has 0 aliphatic rings. The standard InChI is InChI=1S/C10H11NO4/c1-14-10(13)7-3-2-4-8(5-7)15-6-9(11)12/h2-5H,6H2,1H3,(H2,11,12). The van der Waals surface area contributed by atoms with Crippen LogP contribution >= 0.6 is 0 Å². The molecule has 0 heterocycles. The van der Waals surface area contributed by atoms with Gasteiger partial charge < -0.3 is 15.2 Å². The van der Waals surface area contributed by atoms with E-state index < -0.39 is 11.9 Å². The van der Waals surface area contributed by atoms with E-state index in [0.29, 0.717) is 11.3 Å². The minimum Gasteiger partial charge on any atom is -0.484 e. The summed E-state index contributed by atoms with van der Waals surface area (Å²) < 4.78 is 9.55. The van der Waals surface area contributed by atoms with Gasteiger partial charge in [0.25, 0.3) is 5.91 Å². The normalized spacial score (nSPS) is 9.40. The summed E-state index contributed by atoms with van der Waals surface area (Å²) in [5.41, 5.74) is 5.27. The van der Waals surface area contributed by atoms with E-state index in [-0.39, 0.29) is 6.61 Å². The van der Waals surface area contributed by atoms with E-state index >= 15 is 0 Å². The topological polar surface area (TPSA) is 78.6 Å². The van der Waals surface area contributed by atoms with Crippen LogP contribution in [0.15, 0.2) is 24.3 Å². The molecule has 0 aliphatic heterocycles. The lowest BCUT2D eigenvalue weighted by atomic mass is 10.2. The minimum absolute atomic E-state index is 0.218. The average Bonchev–Trinajstić information content (AvgIpc) is 2.25. The highest BCUT2D eigenvalue weighted by molar-refractivity contribution is 5.89. The highest BCUT2D eigenvalue weighted by atomic mass is 16.5. The smallest absolute Gasteiger partial charge is 0.337 e. The first-order valence-electron chi connectivity index (χ1n) is 4.23. The van der Waals surface area contributed by atoms with Crippen LogP contribution < -0.4 is 10.5 Å². The Balaban J connectivity index is 2.74. The molecule has 1 rings (SSSR count). The number of rotatable bonds is 4. The van der Waals surface area contributed by atoms with Crippen LogP contribution in [-0.4, -0.2) is 25.6 Å². The zero-order valence-corrected chi connectivity index (χ0v) is 8.23. The third-order valence-corrected chi connectivity index (χ3v) is 1.64. The molecule has 0 spiro atoms. The number of methoxy groups -OCH3 is 1. The fourth-order valence-electron chi connectivity index (χ4n) is 0.985. The maximum atomic E-state index is 11.1. The molecule has 2 N–H and O–H groups in total. The molecule has 0 radical (unpaired) electrons. The van der Waals surface area contributed by atoms with Gasteiger partial charge in [-0.25, -0.2) is 4.79 Å². The van der Waals surface area contributed by atoms with Crippen molar-refractivity contribution in [3.8, 4) is 5.75 Å². The van der Waals surface area contributed by atoms with Gasteiger partial charge in [0.2, 0.25) is 0 Å². The van der Waals surface area contributed by atoms with Gasteiger partial charge in [-0.2, -0.15) is 0 Å². The fourth-order valence-corrected chi connectivity index (χ4v) is 0.985. The summed E-state index contributed by atoms with van der Waals surface area (Å²) in [4.78, 5) is 21.6. The number of amides is 1. The largest absolute Gasteiger partial charge is 0.484 e. The number of hydrogen-bond donors (Lipinski definition) is 1. The first-order chi connectivity index (χ1) is 7.13. The van der Waals surface area contributed by atoms with Crippen molar-refractivity contribution in [2.45, 2.75) is 0 Å². The zero-order valence-electron chi connectivity index (χ0n) is 8.23. The highest BCUT2D eigenvalue weighted by Crippen LogP contribution is 2.13. The summed E-state index contributed by atoms with van der Waals surface area (Å²) in [6, 6.07) is 6.32. The van der Waals surface area contributed by atoms with E-state index in [2.05, 4.69) is 4.74 Å². The van der Waals surface area contributed by atoms with Crippen LogP contribution in [0.2, 0.25) is 0 Å². The maximum absolute atomic E-state index is 11.1. The summed E-state index contributed by atoms with van der Waals surface area (Å²) in [7, 11) is 1.29. The SMILES string of the molecule is COC(=O)c1cccc(OCC(N)=O)c1. The lowest BCUT2D eigenvalue weighted by Gasteiger charge is -2.04. The highest BCUT2D eigenvalue weighted by Gasteiger charge is 2.06. The van der Waals surface area contributed by atoms with Gasteiger partial charge in [-0.3, -0.25) is 4.79 Å². The fraction of sp³-hybridized carbons (Fsp3) is 0.200. The van der Waals surface area contributed by atoms with E-state index in [4.69, 9.17) is 10.5 Å². The van der Waals surface area contributed by atoms with Gasteiger partial charge in [0, 0.05) is 0 Å². The van der Waals surface area contributed by atoms with Crippen molar-refractivity contribution in [2.75, 3.05) is 13.7 Å².